The van der Waals surface area contributed by atoms with Gasteiger partial charge in [0.15, 0.2) is 0 Å². The highest BCUT2D eigenvalue weighted by Gasteiger charge is 2.20. The molecule has 114 valence electrons. The van der Waals surface area contributed by atoms with Gasteiger partial charge in [0.25, 0.3) is 0 Å². The smallest absolute Gasteiger partial charge is 0.340 e. The molecule has 0 spiro atoms. The minimum atomic E-state index is -0.261. The summed E-state index contributed by atoms with van der Waals surface area (Å²) in [6, 6.07) is 0. The zero-order valence-corrected chi connectivity index (χ0v) is 12.4. The molecule has 0 bridgehead atoms. The Bertz CT molecular complexity index is 615. The van der Waals surface area contributed by atoms with Crippen molar-refractivity contribution in [2.75, 3.05) is 25.1 Å². The number of ether oxygens (including phenoxy) is 1. The van der Waals surface area contributed by atoms with Crippen molar-refractivity contribution in [2.45, 2.75) is 31.6 Å². The molecule has 1 aliphatic heterocycles. The minimum absolute atomic E-state index is 0.261. The van der Waals surface area contributed by atoms with Crippen molar-refractivity contribution >= 4 is 16.7 Å². The van der Waals surface area contributed by atoms with E-state index in [0.717, 1.165) is 56.4 Å². The molecular weight excluding hydrogens is 292 g/mol. The topological polar surface area (TPSA) is 109 Å². The van der Waals surface area contributed by atoms with Gasteiger partial charge in [0, 0.05) is 43.6 Å². The van der Waals surface area contributed by atoms with Crippen molar-refractivity contribution < 1.29 is 4.74 Å². The number of H-pyrrole nitrogens is 2. The van der Waals surface area contributed by atoms with E-state index in [1.165, 1.54) is 11.5 Å². The number of aromatic amines is 2. The van der Waals surface area contributed by atoms with Gasteiger partial charge in [-0.2, -0.15) is 9.47 Å². The highest BCUT2D eigenvalue weighted by atomic mass is 32.1. The van der Waals surface area contributed by atoms with Crippen molar-refractivity contribution in [3.05, 3.63) is 22.1 Å². The van der Waals surface area contributed by atoms with Crippen molar-refractivity contribution in [1.29, 1.82) is 0 Å². The number of aryl methyl sites for hydroxylation is 1. The highest BCUT2D eigenvalue weighted by Crippen LogP contribution is 2.26. The monoisotopic (exact) mass is 310 g/mol. The van der Waals surface area contributed by atoms with Crippen LogP contribution in [0.25, 0.3) is 0 Å². The van der Waals surface area contributed by atoms with Crippen LogP contribution in [0, 0.1) is 0 Å². The van der Waals surface area contributed by atoms with Crippen LogP contribution in [0.5, 0.6) is 0 Å². The summed E-state index contributed by atoms with van der Waals surface area (Å²) >= 11 is 1.40. The van der Waals surface area contributed by atoms with E-state index >= 15 is 0 Å². The lowest BCUT2D eigenvalue weighted by molar-refractivity contribution is 0.0838. The fraction of sp³-hybridized carbons (Fsp3) is 0.667. The molecule has 1 fully saturated rings. The molecule has 0 radical (unpaired) electrons. The lowest BCUT2D eigenvalue weighted by atomic mass is 10.00. The van der Waals surface area contributed by atoms with E-state index in [9.17, 15) is 4.79 Å². The van der Waals surface area contributed by atoms with Gasteiger partial charge in [-0.3, -0.25) is 4.98 Å². The zero-order valence-electron chi connectivity index (χ0n) is 11.6. The molecule has 0 amide bonds. The van der Waals surface area contributed by atoms with Crippen LogP contribution in [0.2, 0.25) is 0 Å². The summed E-state index contributed by atoms with van der Waals surface area (Å²) in [4.78, 5) is 18.1. The average Bonchev–Trinajstić information content (AvgIpc) is 3.14. The average molecular weight is 310 g/mol. The summed E-state index contributed by atoms with van der Waals surface area (Å²) < 4.78 is 9.78. The molecule has 2 aromatic heterocycles. The van der Waals surface area contributed by atoms with E-state index in [1.54, 1.807) is 0 Å². The predicted molar refractivity (Wildman–Crippen MR) is 78.7 cm³/mol. The van der Waals surface area contributed by atoms with Crippen LogP contribution in [0.15, 0.2) is 4.79 Å². The second kappa shape index (κ2) is 6.81. The van der Waals surface area contributed by atoms with Crippen molar-refractivity contribution in [2.24, 2.45) is 0 Å². The summed E-state index contributed by atoms with van der Waals surface area (Å²) in [5.41, 5.74) is -0.261. The molecule has 8 nitrogen and oxygen atoms in total. The van der Waals surface area contributed by atoms with Gasteiger partial charge in [0.2, 0.25) is 5.13 Å². The number of nitrogens with zero attached hydrogens (tertiary/aromatic N) is 3. The first kappa shape index (κ1) is 14.2. The van der Waals surface area contributed by atoms with E-state index in [0.29, 0.717) is 11.7 Å². The van der Waals surface area contributed by atoms with E-state index in [2.05, 4.69) is 29.9 Å². The first-order valence-corrected chi connectivity index (χ1v) is 7.87. The van der Waals surface area contributed by atoms with Crippen molar-refractivity contribution in [1.82, 2.24) is 24.5 Å². The zero-order chi connectivity index (χ0) is 14.5. The SMILES string of the molecule is O=c1[nH]nc(CCCNc2nc(C3CCOCC3)ns2)[nH]1. The van der Waals surface area contributed by atoms with Crippen LogP contribution in [0.3, 0.4) is 0 Å². The van der Waals surface area contributed by atoms with Crippen LogP contribution in [0.1, 0.15) is 36.8 Å². The first-order valence-electron chi connectivity index (χ1n) is 7.10. The maximum atomic E-state index is 10.9. The quantitative estimate of drug-likeness (QED) is 0.684. The maximum Gasteiger partial charge on any atom is 0.340 e. The highest BCUT2D eigenvalue weighted by molar-refractivity contribution is 7.09. The van der Waals surface area contributed by atoms with Crippen molar-refractivity contribution in [3.63, 3.8) is 0 Å². The largest absolute Gasteiger partial charge is 0.381 e. The molecule has 3 N–H and O–H groups in total. The molecule has 9 heteroatoms. The number of hydrogen-bond donors (Lipinski definition) is 3. The third-order valence-electron chi connectivity index (χ3n) is 3.44. The predicted octanol–water partition coefficient (Wildman–Crippen LogP) is 0.888. The third-order valence-corrected chi connectivity index (χ3v) is 4.13. The van der Waals surface area contributed by atoms with Crippen LogP contribution >= 0.6 is 11.5 Å². The standard InChI is InChI=1S/C12H18N6O2S/c19-11-14-9(16-17-11)2-1-5-13-12-15-10(18-21-12)8-3-6-20-7-4-8/h8H,1-7H2,(H,13,15,18)(H2,14,16,17,19). The molecule has 0 aromatic carbocycles. The fourth-order valence-electron chi connectivity index (χ4n) is 2.30. The summed E-state index contributed by atoms with van der Waals surface area (Å²) in [5, 5.41) is 10.3. The number of anilines is 1. The Morgan fingerprint density at radius 3 is 3.00 bits per heavy atom. The molecule has 0 saturated carbocycles. The van der Waals surface area contributed by atoms with Gasteiger partial charge in [-0.1, -0.05) is 0 Å². The first-order chi connectivity index (χ1) is 10.3. The normalized spacial score (nSPS) is 16.2. The number of nitrogens with one attached hydrogen (secondary N) is 3. The van der Waals surface area contributed by atoms with E-state index in [4.69, 9.17) is 4.74 Å². The van der Waals surface area contributed by atoms with Crippen LogP contribution in [-0.4, -0.2) is 44.3 Å². The Labute approximate surface area is 125 Å². The number of aromatic nitrogens is 5. The molecule has 1 aliphatic rings. The summed E-state index contributed by atoms with van der Waals surface area (Å²) in [7, 11) is 0. The minimum Gasteiger partial charge on any atom is -0.381 e. The van der Waals surface area contributed by atoms with Crippen LogP contribution in [0.4, 0.5) is 5.13 Å². The second-order valence-corrected chi connectivity index (χ2v) is 5.75. The summed E-state index contributed by atoms with van der Waals surface area (Å²) in [6.45, 7) is 2.38. The Balaban J connectivity index is 1.43. The molecule has 3 heterocycles. The Morgan fingerprint density at radius 1 is 1.38 bits per heavy atom. The molecule has 0 aliphatic carbocycles. The number of rotatable bonds is 6. The molecule has 21 heavy (non-hydrogen) atoms. The fourth-order valence-corrected chi connectivity index (χ4v) is 2.97. The van der Waals surface area contributed by atoms with Crippen molar-refractivity contribution in [3.8, 4) is 0 Å². The van der Waals surface area contributed by atoms with Crippen LogP contribution < -0.4 is 11.0 Å². The van der Waals surface area contributed by atoms with Gasteiger partial charge in [-0.25, -0.2) is 14.9 Å². The maximum absolute atomic E-state index is 10.9. The summed E-state index contributed by atoms with van der Waals surface area (Å²) in [5.74, 6) is 2.05. The summed E-state index contributed by atoms with van der Waals surface area (Å²) in [6.07, 6.45) is 3.59. The third kappa shape index (κ3) is 3.88. The lowest BCUT2D eigenvalue weighted by Crippen LogP contribution is -2.15. The Hall–Kier alpha value is -1.74. The molecule has 2 aromatic rings. The van der Waals surface area contributed by atoms with E-state index in [1.807, 2.05) is 0 Å². The van der Waals surface area contributed by atoms with Gasteiger partial charge < -0.3 is 10.1 Å². The van der Waals surface area contributed by atoms with E-state index < -0.39 is 0 Å². The second-order valence-electron chi connectivity index (χ2n) is 5.00. The van der Waals surface area contributed by atoms with E-state index in [-0.39, 0.29) is 5.69 Å². The van der Waals surface area contributed by atoms with Gasteiger partial charge in [0.1, 0.15) is 11.6 Å². The molecular formula is C12H18N6O2S. The molecule has 0 unspecified atom stereocenters. The molecule has 0 atom stereocenters. The Morgan fingerprint density at radius 2 is 2.24 bits per heavy atom. The lowest BCUT2D eigenvalue weighted by Gasteiger charge is -2.18. The Kier molecular flexibility index (Phi) is 4.61. The molecule has 3 rings (SSSR count). The van der Waals surface area contributed by atoms with Gasteiger partial charge in [-0.05, 0) is 19.3 Å². The van der Waals surface area contributed by atoms with Gasteiger partial charge >= 0.3 is 5.69 Å². The van der Waals surface area contributed by atoms with Gasteiger partial charge in [0.05, 0.1) is 0 Å². The van der Waals surface area contributed by atoms with Gasteiger partial charge in [-0.15, -0.1) is 0 Å². The molecule has 1 saturated heterocycles. The van der Waals surface area contributed by atoms with Crippen LogP contribution in [-0.2, 0) is 11.2 Å². The number of hydrogen-bond acceptors (Lipinski definition) is 7.